The van der Waals surface area contributed by atoms with E-state index in [0.717, 1.165) is 12.1 Å². The smallest absolute Gasteiger partial charge is 0.238 e. The molecule has 0 bridgehead atoms. The van der Waals surface area contributed by atoms with E-state index in [2.05, 4.69) is 11.4 Å². The average molecular weight is 289 g/mol. The van der Waals surface area contributed by atoms with Crippen LogP contribution < -0.4 is 10.1 Å². The molecule has 1 amide bonds. The lowest BCUT2D eigenvalue weighted by Gasteiger charge is -2.21. The van der Waals surface area contributed by atoms with Crippen molar-refractivity contribution in [2.75, 3.05) is 32.1 Å². The summed E-state index contributed by atoms with van der Waals surface area (Å²) < 4.78 is 5.24. The van der Waals surface area contributed by atoms with Gasteiger partial charge in [-0.1, -0.05) is 13.0 Å². The van der Waals surface area contributed by atoms with E-state index in [1.165, 1.54) is 0 Å². The Morgan fingerprint density at radius 3 is 2.81 bits per heavy atom. The molecule has 1 rings (SSSR count). The second-order valence-electron chi connectivity index (χ2n) is 5.11. The van der Waals surface area contributed by atoms with Crippen molar-refractivity contribution in [1.29, 1.82) is 5.26 Å². The summed E-state index contributed by atoms with van der Waals surface area (Å²) >= 11 is 0. The molecule has 0 aliphatic heterocycles. The topological polar surface area (TPSA) is 65.4 Å². The number of aryl methyl sites for hydroxylation is 1. The van der Waals surface area contributed by atoms with Crippen LogP contribution in [0.1, 0.15) is 19.4 Å². The fraction of sp³-hybridized carbons (Fsp3) is 0.500. The van der Waals surface area contributed by atoms with Gasteiger partial charge in [0, 0.05) is 6.54 Å². The maximum Gasteiger partial charge on any atom is 0.238 e. The molecule has 0 fully saturated rings. The first-order valence-electron chi connectivity index (χ1n) is 7.06. The van der Waals surface area contributed by atoms with Crippen LogP contribution in [0.3, 0.4) is 0 Å². The summed E-state index contributed by atoms with van der Waals surface area (Å²) in [7, 11) is 1.58. The molecule has 0 radical (unpaired) electrons. The molecule has 0 saturated carbocycles. The first-order chi connectivity index (χ1) is 9.99. The van der Waals surface area contributed by atoms with E-state index in [9.17, 15) is 4.79 Å². The van der Waals surface area contributed by atoms with E-state index in [4.69, 9.17) is 10.00 Å². The zero-order valence-electron chi connectivity index (χ0n) is 13.1. The highest BCUT2D eigenvalue weighted by molar-refractivity contribution is 5.93. The van der Waals surface area contributed by atoms with Gasteiger partial charge in [0.1, 0.15) is 5.75 Å². The summed E-state index contributed by atoms with van der Waals surface area (Å²) in [6, 6.07) is 7.83. The molecule has 1 aromatic rings. The summed E-state index contributed by atoms with van der Waals surface area (Å²) in [6.45, 7) is 7.37. The Kier molecular flexibility index (Phi) is 6.70. The fourth-order valence-electron chi connectivity index (χ4n) is 2.05. The molecule has 21 heavy (non-hydrogen) atoms. The molecule has 1 unspecified atom stereocenters. The van der Waals surface area contributed by atoms with Gasteiger partial charge in [-0.3, -0.25) is 9.69 Å². The summed E-state index contributed by atoms with van der Waals surface area (Å²) in [5.74, 6) is 0.444. The van der Waals surface area contributed by atoms with E-state index in [-0.39, 0.29) is 18.4 Å². The van der Waals surface area contributed by atoms with E-state index >= 15 is 0 Å². The minimum atomic E-state index is -0.106. The number of anilines is 1. The summed E-state index contributed by atoms with van der Waals surface area (Å²) in [5, 5.41) is 11.7. The minimum absolute atomic E-state index is 0.0914. The van der Waals surface area contributed by atoms with Crippen LogP contribution >= 0.6 is 0 Å². The highest BCUT2D eigenvalue weighted by Gasteiger charge is 2.14. The molecule has 1 aromatic carbocycles. The van der Waals surface area contributed by atoms with Crippen molar-refractivity contribution in [1.82, 2.24) is 4.90 Å². The number of carbonyl (C=O) groups is 1. The van der Waals surface area contributed by atoms with Crippen molar-refractivity contribution in [3.8, 4) is 11.8 Å². The molecule has 5 heteroatoms. The zero-order valence-corrected chi connectivity index (χ0v) is 13.1. The van der Waals surface area contributed by atoms with Crippen molar-refractivity contribution in [2.45, 2.75) is 20.8 Å². The van der Waals surface area contributed by atoms with Crippen molar-refractivity contribution >= 4 is 11.6 Å². The molecule has 5 nitrogen and oxygen atoms in total. The van der Waals surface area contributed by atoms with Crippen LogP contribution in [0.5, 0.6) is 5.75 Å². The Balaban J connectivity index is 2.68. The number of methoxy groups -OCH3 is 1. The van der Waals surface area contributed by atoms with Gasteiger partial charge in [0.05, 0.1) is 31.3 Å². The number of nitrogens with zero attached hydrogens (tertiary/aromatic N) is 2. The van der Waals surface area contributed by atoms with Gasteiger partial charge in [0.2, 0.25) is 5.91 Å². The van der Waals surface area contributed by atoms with Crippen LogP contribution in [0, 0.1) is 24.2 Å². The van der Waals surface area contributed by atoms with Gasteiger partial charge in [-0.05, 0) is 38.1 Å². The maximum atomic E-state index is 12.1. The molecule has 0 heterocycles. The molecule has 0 aliphatic carbocycles. The normalized spacial score (nSPS) is 11.8. The standard InChI is InChI=1S/C16H23N3O2/c1-5-19(10-13(3)9-17)11-16(20)18-14-8-12(2)6-7-15(14)21-4/h6-8,13H,5,10-11H2,1-4H3,(H,18,20). The Bertz CT molecular complexity index is 523. The number of carbonyl (C=O) groups excluding carboxylic acids is 1. The largest absolute Gasteiger partial charge is 0.495 e. The minimum Gasteiger partial charge on any atom is -0.495 e. The lowest BCUT2D eigenvalue weighted by atomic mass is 10.2. The molecule has 1 N–H and O–H groups in total. The summed E-state index contributed by atoms with van der Waals surface area (Å²) in [6.07, 6.45) is 0. The number of likely N-dealkylation sites (N-methyl/N-ethyl adjacent to an activating group) is 1. The molecule has 0 spiro atoms. The molecule has 0 saturated heterocycles. The van der Waals surface area contributed by atoms with Gasteiger partial charge < -0.3 is 10.1 Å². The van der Waals surface area contributed by atoms with Crippen LogP contribution in [-0.4, -0.2) is 37.6 Å². The number of nitriles is 1. The molecule has 114 valence electrons. The van der Waals surface area contributed by atoms with Crippen LogP contribution in [0.15, 0.2) is 18.2 Å². The highest BCUT2D eigenvalue weighted by Crippen LogP contribution is 2.25. The quantitative estimate of drug-likeness (QED) is 0.837. The third kappa shape index (κ3) is 5.44. The zero-order chi connectivity index (χ0) is 15.8. The Labute approximate surface area is 126 Å². The van der Waals surface area contributed by atoms with E-state index in [1.54, 1.807) is 7.11 Å². The fourth-order valence-corrected chi connectivity index (χ4v) is 2.05. The van der Waals surface area contributed by atoms with Crippen molar-refractivity contribution < 1.29 is 9.53 Å². The Morgan fingerprint density at radius 1 is 1.52 bits per heavy atom. The van der Waals surface area contributed by atoms with Crippen LogP contribution in [-0.2, 0) is 4.79 Å². The SMILES string of the molecule is CCN(CC(=O)Nc1cc(C)ccc1OC)CC(C)C#N. The molecule has 0 aromatic heterocycles. The van der Waals surface area contributed by atoms with Crippen LogP contribution in [0.4, 0.5) is 5.69 Å². The van der Waals surface area contributed by atoms with Crippen molar-refractivity contribution in [3.63, 3.8) is 0 Å². The van der Waals surface area contributed by atoms with E-state index < -0.39 is 0 Å². The summed E-state index contributed by atoms with van der Waals surface area (Å²) in [5.41, 5.74) is 1.73. The van der Waals surface area contributed by atoms with Crippen molar-refractivity contribution in [2.24, 2.45) is 5.92 Å². The predicted octanol–water partition coefficient (Wildman–Crippen LogP) is 2.42. The first kappa shape index (κ1) is 17.0. The molecular formula is C16H23N3O2. The third-order valence-corrected chi connectivity index (χ3v) is 3.20. The van der Waals surface area contributed by atoms with Gasteiger partial charge in [-0.2, -0.15) is 5.26 Å². The van der Waals surface area contributed by atoms with Gasteiger partial charge >= 0.3 is 0 Å². The van der Waals surface area contributed by atoms with Crippen LogP contribution in [0.25, 0.3) is 0 Å². The second kappa shape index (κ2) is 8.28. The average Bonchev–Trinajstić information content (AvgIpc) is 2.46. The molecular weight excluding hydrogens is 266 g/mol. The van der Waals surface area contributed by atoms with Crippen LogP contribution in [0.2, 0.25) is 0 Å². The number of ether oxygens (including phenoxy) is 1. The number of benzene rings is 1. The predicted molar refractivity (Wildman–Crippen MR) is 83.3 cm³/mol. The number of rotatable bonds is 7. The molecule has 0 aliphatic rings. The Hall–Kier alpha value is -2.06. The number of hydrogen-bond acceptors (Lipinski definition) is 4. The number of amides is 1. The summed E-state index contributed by atoms with van der Waals surface area (Å²) in [4.78, 5) is 14.1. The number of nitrogens with one attached hydrogen (secondary N) is 1. The monoisotopic (exact) mass is 289 g/mol. The highest BCUT2D eigenvalue weighted by atomic mass is 16.5. The second-order valence-corrected chi connectivity index (χ2v) is 5.11. The maximum absolute atomic E-state index is 12.1. The molecule has 1 atom stereocenters. The van der Waals surface area contributed by atoms with Gasteiger partial charge in [-0.25, -0.2) is 0 Å². The lowest BCUT2D eigenvalue weighted by molar-refractivity contribution is -0.117. The van der Waals surface area contributed by atoms with Crippen molar-refractivity contribution in [3.05, 3.63) is 23.8 Å². The Morgan fingerprint density at radius 2 is 2.24 bits per heavy atom. The van der Waals surface area contributed by atoms with E-state index in [1.807, 2.05) is 43.9 Å². The third-order valence-electron chi connectivity index (χ3n) is 3.20. The van der Waals surface area contributed by atoms with E-state index in [0.29, 0.717) is 18.0 Å². The first-order valence-corrected chi connectivity index (χ1v) is 7.06. The van der Waals surface area contributed by atoms with Gasteiger partial charge in [-0.15, -0.1) is 0 Å². The lowest BCUT2D eigenvalue weighted by Crippen LogP contribution is -2.35. The van der Waals surface area contributed by atoms with Gasteiger partial charge in [0.25, 0.3) is 0 Å². The number of hydrogen-bond donors (Lipinski definition) is 1. The van der Waals surface area contributed by atoms with Gasteiger partial charge in [0.15, 0.2) is 0 Å².